The Bertz CT molecular complexity index is 579. The first-order chi connectivity index (χ1) is 11.5. The highest BCUT2D eigenvalue weighted by Crippen LogP contribution is 2.16. The third kappa shape index (κ3) is 5.50. The van der Waals surface area contributed by atoms with Crippen LogP contribution in [-0.2, 0) is 14.3 Å². The molecule has 0 aliphatic carbocycles. The molecule has 0 aromatic heterocycles. The van der Waals surface area contributed by atoms with Gasteiger partial charge in [0.1, 0.15) is 5.75 Å². The Morgan fingerprint density at radius 1 is 1.46 bits per heavy atom. The van der Waals surface area contributed by atoms with Crippen LogP contribution in [0, 0.1) is 0 Å². The molecular formula is C17H25N3O4. The minimum absolute atomic E-state index is 0.00986. The van der Waals surface area contributed by atoms with Crippen LogP contribution in [0.3, 0.4) is 0 Å². The number of hydrogen-bond donors (Lipinski definition) is 1. The van der Waals surface area contributed by atoms with E-state index in [-0.39, 0.29) is 24.5 Å². The summed E-state index contributed by atoms with van der Waals surface area (Å²) in [5, 5.41) is 2.77. The van der Waals surface area contributed by atoms with E-state index in [1.54, 1.807) is 38.4 Å². The van der Waals surface area contributed by atoms with Crippen molar-refractivity contribution in [3.63, 3.8) is 0 Å². The number of carbonyl (C=O) groups excluding carboxylic acids is 2. The molecule has 1 saturated heterocycles. The molecule has 2 amide bonds. The standard InChI is InChI=1S/C17H25N3O4/c1-13-10-20(7-8-24-13)12-17(22)19(2)11-16(21)18-14-5-4-6-15(9-14)23-3/h4-6,9,13H,7-8,10-12H2,1-3H3,(H,18,21)/t13-/m1/s1. The summed E-state index contributed by atoms with van der Waals surface area (Å²) in [6.07, 6.45) is 0.133. The third-order valence-electron chi connectivity index (χ3n) is 3.84. The van der Waals surface area contributed by atoms with Crippen molar-refractivity contribution < 1.29 is 19.1 Å². The Morgan fingerprint density at radius 2 is 2.25 bits per heavy atom. The molecule has 0 bridgehead atoms. The van der Waals surface area contributed by atoms with E-state index in [1.807, 2.05) is 11.8 Å². The van der Waals surface area contributed by atoms with Gasteiger partial charge in [-0.1, -0.05) is 6.07 Å². The van der Waals surface area contributed by atoms with Crippen LogP contribution in [0.15, 0.2) is 24.3 Å². The second-order valence-corrected chi connectivity index (χ2v) is 5.95. The van der Waals surface area contributed by atoms with Crippen molar-refractivity contribution in [2.24, 2.45) is 0 Å². The number of nitrogens with one attached hydrogen (secondary N) is 1. The number of methoxy groups -OCH3 is 1. The largest absolute Gasteiger partial charge is 0.497 e. The summed E-state index contributed by atoms with van der Waals surface area (Å²) in [5.41, 5.74) is 0.641. The van der Waals surface area contributed by atoms with Gasteiger partial charge in [0.05, 0.1) is 32.9 Å². The van der Waals surface area contributed by atoms with Crippen molar-refractivity contribution in [2.45, 2.75) is 13.0 Å². The van der Waals surface area contributed by atoms with Gasteiger partial charge in [-0.15, -0.1) is 0 Å². The Labute approximate surface area is 142 Å². The van der Waals surface area contributed by atoms with Crippen molar-refractivity contribution >= 4 is 17.5 Å². The number of likely N-dealkylation sites (N-methyl/N-ethyl adjacent to an activating group) is 1. The zero-order chi connectivity index (χ0) is 17.5. The van der Waals surface area contributed by atoms with E-state index in [2.05, 4.69) is 5.32 Å². The van der Waals surface area contributed by atoms with Gasteiger partial charge < -0.3 is 19.7 Å². The Kier molecular flexibility index (Phi) is 6.57. The second kappa shape index (κ2) is 8.65. The van der Waals surface area contributed by atoms with Crippen molar-refractivity contribution in [1.29, 1.82) is 0 Å². The van der Waals surface area contributed by atoms with Gasteiger partial charge in [0.15, 0.2) is 0 Å². The molecule has 1 atom stereocenters. The summed E-state index contributed by atoms with van der Waals surface area (Å²) in [6.45, 7) is 4.40. The lowest BCUT2D eigenvalue weighted by Crippen LogP contribution is -2.47. The molecule has 1 heterocycles. The highest BCUT2D eigenvalue weighted by atomic mass is 16.5. The van der Waals surface area contributed by atoms with E-state index < -0.39 is 0 Å². The normalized spacial score (nSPS) is 18.0. The average Bonchev–Trinajstić information content (AvgIpc) is 2.54. The van der Waals surface area contributed by atoms with Gasteiger partial charge in [0.25, 0.3) is 0 Å². The maximum atomic E-state index is 12.2. The molecule has 1 aromatic rings. The lowest BCUT2D eigenvalue weighted by Gasteiger charge is -2.31. The molecular weight excluding hydrogens is 310 g/mol. The first-order valence-electron chi connectivity index (χ1n) is 7.99. The van der Waals surface area contributed by atoms with Crippen molar-refractivity contribution in [2.75, 3.05) is 52.3 Å². The highest BCUT2D eigenvalue weighted by molar-refractivity contribution is 5.94. The smallest absolute Gasteiger partial charge is 0.243 e. The number of ether oxygens (including phenoxy) is 2. The SMILES string of the molecule is COc1cccc(NC(=O)CN(C)C(=O)CN2CCO[C@H](C)C2)c1. The van der Waals surface area contributed by atoms with Crippen LogP contribution in [0.25, 0.3) is 0 Å². The van der Waals surface area contributed by atoms with Crippen LogP contribution in [-0.4, -0.2) is 74.7 Å². The maximum Gasteiger partial charge on any atom is 0.243 e. The Morgan fingerprint density at radius 3 is 2.96 bits per heavy atom. The molecule has 1 aromatic carbocycles. The van der Waals surface area contributed by atoms with Crippen molar-refractivity contribution in [1.82, 2.24) is 9.80 Å². The molecule has 1 fully saturated rings. The molecule has 7 heteroatoms. The lowest BCUT2D eigenvalue weighted by atomic mass is 10.3. The van der Waals surface area contributed by atoms with Gasteiger partial charge in [-0.2, -0.15) is 0 Å². The minimum atomic E-state index is -0.241. The second-order valence-electron chi connectivity index (χ2n) is 5.95. The summed E-state index contributed by atoms with van der Waals surface area (Å²) in [7, 11) is 3.21. The number of benzene rings is 1. The quantitative estimate of drug-likeness (QED) is 0.833. The van der Waals surface area contributed by atoms with Crippen LogP contribution in [0.4, 0.5) is 5.69 Å². The number of hydrogen-bond acceptors (Lipinski definition) is 5. The number of morpholine rings is 1. The zero-order valence-electron chi connectivity index (χ0n) is 14.4. The van der Waals surface area contributed by atoms with Crippen LogP contribution in [0.1, 0.15) is 6.92 Å². The monoisotopic (exact) mass is 335 g/mol. The molecule has 1 aliphatic heterocycles. The van der Waals surface area contributed by atoms with E-state index in [9.17, 15) is 9.59 Å². The predicted octanol–water partition coefficient (Wildman–Crippen LogP) is 0.813. The molecule has 2 rings (SSSR count). The maximum absolute atomic E-state index is 12.2. The Balaban J connectivity index is 1.80. The van der Waals surface area contributed by atoms with Crippen LogP contribution < -0.4 is 10.1 Å². The number of anilines is 1. The van der Waals surface area contributed by atoms with E-state index in [1.165, 1.54) is 4.90 Å². The van der Waals surface area contributed by atoms with Crippen molar-refractivity contribution in [3.8, 4) is 5.75 Å². The number of nitrogens with zero attached hydrogens (tertiary/aromatic N) is 2. The van der Waals surface area contributed by atoms with E-state index in [0.717, 1.165) is 13.1 Å². The first kappa shape index (κ1) is 18.2. The van der Waals surface area contributed by atoms with Gasteiger partial charge >= 0.3 is 0 Å². The molecule has 7 nitrogen and oxygen atoms in total. The van der Waals surface area contributed by atoms with Crippen LogP contribution in [0.5, 0.6) is 5.75 Å². The van der Waals surface area contributed by atoms with Gasteiger partial charge in [0, 0.05) is 31.9 Å². The summed E-state index contributed by atoms with van der Waals surface area (Å²) >= 11 is 0. The average molecular weight is 335 g/mol. The zero-order valence-corrected chi connectivity index (χ0v) is 14.4. The third-order valence-corrected chi connectivity index (χ3v) is 3.84. The van der Waals surface area contributed by atoms with Gasteiger partial charge in [-0.25, -0.2) is 0 Å². The summed E-state index contributed by atoms with van der Waals surface area (Å²) in [5.74, 6) is 0.345. The highest BCUT2D eigenvalue weighted by Gasteiger charge is 2.21. The number of amides is 2. The van der Waals surface area contributed by atoms with Crippen LogP contribution >= 0.6 is 0 Å². The molecule has 0 unspecified atom stereocenters. The summed E-state index contributed by atoms with van der Waals surface area (Å²) < 4.78 is 10.6. The topological polar surface area (TPSA) is 71.1 Å². The minimum Gasteiger partial charge on any atom is -0.497 e. The van der Waals surface area contributed by atoms with Gasteiger partial charge in [-0.3, -0.25) is 14.5 Å². The molecule has 24 heavy (non-hydrogen) atoms. The Hall–Kier alpha value is -2.12. The van der Waals surface area contributed by atoms with E-state index in [4.69, 9.17) is 9.47 Å². The number of carbonyl (C=O) groups is 2. The molecule has 1 N–H and O–H groups in total. The van der Waals surface area contributed by atoms with E-state index in [0.29, 0.717) is 24.6 Å². The fraction of sp³-hybridized carbons (Fsp3) is 0.529. The van der Waals surface area contributed by atoms with Crippen LogP contribution in [0.2, 0.25) is 0 Å². The fourth-order valence-electron chi connectivity index (χ4n) is 2.55. The molecule has 0 radical (unpaired) electrons. The molecule has 1 aliphatic rings. The molecule has 0 saturated carbocycles. The lowest BCUT2D eigenvalue weighted by molar-refractivity contribution is -0.135. The van der Waals surface area contributed by atoms with Crippen molar-refractivity contribution in [3.05, 3.63) is 24.3 Å². The van der Waals surface area contributed by atoms with E-state index >= 15 is 0 Å². The molecule has 132 valence electrons. The fourth-order valence-corrected chi connectivity index (χ4v) is 2.55. The molecule has 0 spiro atoms. The summed E-state index contributed by atoms with van der Waals surface area (Å²) in [6, 6.07) is 7.10. The predicted molar refractivity (Wildman–Crippen MR) is 91.1 cm³/mol. The first-order valence-corrected chi connectivity index (χ1v) is 7.99. The van der Waals surface area contributed by atoms with Gasteiger partial charge in [0.2, 0.25) is 11.8 Å². The van der Waals surface area contributed by atoms with Gasteiger partial charge in [-0.05, 0) is 19.1 Å². The summed E-state index contributed by atoms with van der Waals surface area (Å²) in [4.78, 5) is 27.8. The number of rotatable bonds is 6.